The average molecular weight is 423 g/mol. The Morgan fingerprint density at radius 3 is 2.46 bits per heavy atom. The van der Waals surface area contributed by atoms with E-state index in [4.69, 9.17) is 32.7 Å². The van der Waals surface area contributed by atoms with E-state index in [0.717, 1.165) is 37.5 Å². The number of anilines is 1. The van der Waals surface area contributed by atoms with Gasteiger partial charge in [-0.25, -0.2) is 0 Å². The monoisotopic (exact) mass is 422 g/mol. The summed E-state index contributed by atoms with van der Waals surface area (Å²) in [5.41, 5.74) is 1.75. The Balaban J connectivity index is 1.58. The summed E-state index contributed by atoms with van der Waals surface area (Å²) in [5, 5.41) is 4.15. The van der Waals surface area contributed by atoms with Gasteiger partial charge in [0, 0.05) is 29.6 Å². The van der Waals surface area contributed by atoms with Crippen LogP contribution in [0.4, 0.5) is 5.69 Å². The van der Waals surface area contributed by atoms with E-state index in [0.29, 0.717) is 22.2 Å². The minimum atomic E-state index is -0.0398. The highest BCUT2D eigenvalue weighted by Crippen LogP contribution is 2.36. The number of likely N-dealkylation sites (tertiary alicyclic amines) is 1. The van der Waals surface area contributed by atoms with Crippen molar-refractivity contribution in [3.05, 3.63) is 52.0 Å². The highest BCUT2D eigenvalue weighted by atomic mass is 35.5. The first-order valence-corrected chi connectivity index (χ1v) is 9.95. The molecule has 1 N–H and O–H groups in total. The molecule has 1 aliphatic heterocycles. The molecule has 7 heteroatoms. The highest BCUT2D eigenvalue weighted by Gasteiger charge is 2.26. The van der Waals surface area contributed by atoms with Gasteiger partial charge in [0.25, 0.3) is 0 Å². The van der Waals surface area contributed by atoms with Crippen molar-refractivity contribution in [2.24, 2.45) is 5.92 Å². The number of hydrogen-bond donors (Lipinski definition) is 1. The first-order valence-electron chi connectivity index (χ1n) is 9.19. The van der Waals surface area contributed by atoms with Crippen LogP contribution < -0.4 is 14.8 Å². The fraction of sp³-hybridized carbons (Fsp3) is 0.381. The molecule has 0 aromatic heterocycles. The molecule has 0 unspecified atom stereocenters. The SMILES string of the molecule is COc1cc(NC(=O)C2CCN(Cc3cccc(Cl)c3)CC2)c(OC)cc1Cl. The van der Waals surface area contributed by atoms with Crippen molar-refractivity contribution in [3.63, 3.8) is 0 Å². The van der Waals surface area contributed by atoms with Gasteiger partial charge < -0.3 is 14.8 Å². The molecule has 0 bridgehead atoms. The van der Waals surface area contributed by atoms with E-state index in [9.17, 15) is 4.79 Å². The molecule has 1 fully saturated rings. The summed E-state index contributed by atoms with van der Waals surface area (Å²) in [5.74, 6) is 0.957. The van der Waals surface area contributed by atoms with Gasteiger partial charge >= 0.3 is 0 Å². The number of ether oxygens (including phenoxy) is 2. The number of amides is 1. The van der Waals surface area contributed by atoms with Crippen LogP contribution in [0.5, 0.6) is 11.5 Å². The number of carbonyl (C=O) groups is 1. The van der Waals surface area contributed by atoms with Crippen molar-refractivity contribution in [1.82, 2.24) is 4.90 Å². The third-order valence-electron chi connectivity index (χ3n) is 4.99. The van der Waals surface area contributed by atoms with Gasteiger partial charge in [0.15, 0.2) is 0 Å². The van der Waals surface area contributed by atoms with Crippen molar-refractivity contribution >= 4 is 34.8 Å². The molecule has 3 rings (SSSR count). The molecule has 1 heterocycles. The summed E-state index contributed by atoms with van der Waals surface area (Å²) >= 11 is 12.2. The lowest BCUT2D eigenvalue weighted by molar-refractivity contribution is -0.121. The van der Waals surface area contributed by atoms with Crippen LogP contribution in [0.25, 0.3) is 0 Å². The predicted octanol–water partition coefficient (Wildman–Crippen LogP) is 4.86. The third kappa shape index (κ3) is 5.10. The van der Waals surface area contributed by atoms with Gasteiger partial charge in [-0.05, 0) is 43.6 Å². The molecule has 0 spiro atoms. The lowest BCUT2D eigenvalue weighted by Gasteiger charge is -2.31. The molecule has 28 heavy (non-hydrogen) atoms. The van der Waals surface area contributed by atoms with E-state index < -0.39 is 0 Å². The second kappa shape index (κ2) is 9.50. The quantitative estimate of drug-likeness (QED) is 0.721. The maximum atomic E-state index is 12.8. The highest BCUT2D eigenvalue weighted by molar-refractivity contribution is 6.32. The van der Waals surface area contributed by atoms with Gasteiger partial charge in [0.2, 0.25) is 5.91 Å². The molecule has 0 aliphatic carbocycles. The number of benzene rings is 2. The number of halogens is 2. The van der Waals surface area contributed by atoms with Crippen molar-refractivity contribution in [3.8, 4) is 11.5 Å². The molecule has 5 nitrogen and oxygen atoms in total. The molecule has 0 saturated carbocycles. The van der Waals surface area contributed by atoms with Gasteiger partial charge in [0.05, 0.1) is 24.9 Å². The van der Waals surface area contributed by atoms with Gasteiger partial charge in [-0.15, -0.1) is 0 Å². The van der Waals surface area contributed by atoms with E-state index in [2.05, 4.69) is 16.3 Å². The number of hydrogen-bond acceptors (Lipinski definition) is 4. The lowest BCUT2D eigenvalue weighted by Crippen LogP contribution is -2.37. The predicted molar refractivity (Wildman–Crippen MR) is 113 cm³/mol. The summed E-state index contributed by atoms with van der Waals surface area (Å²) < 4.78 is 10.6. The standard InChI is InChI=1S/C21H24Cl2N2O3/c1-27-19-12-18(20(28-2)11-17(19)23)24-21(26)15-6-8-25(9-7-15)13-14-4-3-5-16(22)10-14/h3-5,10-12,15H,6-9,13H2,1-2H3,(H,24,26). The van der Waals surface area contributed by atoms with Gasteiger partial charge in [-0.3, -0.25) is 9.69 Å². The van der Waals surface area contributed by atoms with E-state index >= 15 is 0 Å². The Morgan fingerprint density at radius 1 is 1.11 bits per heavy atom. The summed E-state index contributed by atoms with van der Waals surface area (Å²) in [6.07, 6.45) is 1.61. The number of rotatable bonds is 6. The Labute approximate surface area is 175 Å². The molecular formula is C21H24Cl2N2O3. The Hall–Kier alpha value is -1.95. The zero-order valence-corrected chi connectivity index (χ0v) is 17.5. The summed E-state index contributed by atoms with van der Waals surface area (Å²) in [6.45, 7) is 2.58. The van der Waals surface area contributed by atoms with Crippen LogP contribution in [-0.2, 0) is 11.3 Å². The van der Waals surface area contributed by atoms with E-state index in [1.165, 1.54) is 12.7 Å². The summed E-state index contributed by atoms with van der Waals surface area (Å²) in [7, 11) is 3.08. The van der Waals surface area contributed by atoms with Crippen molar-refractivity contribution in [2.75, 3.05) is 32.6 Å². The maximum Gasteiger partial charge on any atom is 0.227 e. The smallest absolute Gasteiger partial charge is 0.227 e. The van der Waals surface area contributed by atoms with Crippen LogP contribution in [0.3, 0.4) is 0 Å². The molecule has 0 atom stereocenters. The molecule has 2 aromatic carbocycles. The van der Waals surface area contributed by atoms with Crippen LogP contribution in [0.1, 0.15) is 18.4 Å². The van der Waals surface area contributed by atoms with Crippen LogP contribution in [0.2, 0.25) is 10.0 Å². The van der Waals surface area contributed by atoms with Crippen molar-refractivity contribution < 1.29 is 14.3 Å². The number of nitrogens with zero attached hydrogens (tertiary/aromatic N) is 1. The minimum Gasteiger partial charge on any atom is -0.495 e. The van der Waals surface area contributed by atoms with Crippen LogP contribution in [-0.4, -0.2) is 38.1 Å². The second-order valence-corrected chi connectivity index (χ2v) is 7.70. The van der Waals surface area contributed by atoms with E-state index in [1.807, 2.05) is 18.2 Å². The van der Waals surface area contributed by atoms with Crippen LogP contribution in [0.15, 0.2) is 36.4 Å². The first kappa shape index (κ1) is 20.8. The van der Waals surface area contributed by atoms with Crippen LogP contribution in [0, 0.1) is 5.92 Å². The normalized spacial score (nSPS) is 15.3. The molecule has 150 valence electrons. The van der Waals surface area contributed by atoms with Crippen LogP contribution >= 0.6 is 23.2 Å². The zero-order valence-electron chi connectivity index (χ0n) is 16.0. The van der Waals surface area contributed by atoms with Gasteiger partial charge in [-0.1, -0.05) is 35.3 Å². The fourth-order valence-electron chi connectivity index (χ4n) is 3.44. The van der Waals surface area contributed by atoms with E-state index in [-0.39, 0.29) is 11.8 Å². The van der Waals surface area contributed by atoms with Gasteiger partial charge in [0.1, 0.15) is 11.5 Å². The lowest BCUT2D eigenvalue weighted by atomic mass is 9.95. The Kier molecular flexibility index (Phi) is 7.05. The summed E-state index contributed by atoms with van der Waals surface area (Å²) in [4.78, 5) is 15.1. The topological polar surface area (TPSA) is 50.8 Å². The van der Waals surface area contributed by atoms with Crippen molar-refractivity contribution in [1.29, 1.82) is 0 Å². The Morgan fingerprint density at radius 2 is 1.82 bits per heavy atom. The number of methoxy groups -OCH3 is 2. The largest absolute Gasteiger partial charge is 0.495 e. The van der Waals surface area contributed by atoms with Crippen molar-refractivity contribution in [2.45, 2.75) is 19.4 Å². The molecule has 1 amide bonds. The molecule has 2 aromatic rings. The first-order chi connectivity index (χ1) is 13.5. The number of piperidine rings is 1. The third-order valence-corrected chi connectivity index (χ3v) is 5.52. The zero-order chi connectivity index (χ0) is 20.1. The minimum absolute atomic E-state index is 0.00918. The van der Waals surface area contributed by atoms with E-state index in [1.54, 1.807) is 19.2 Å². The summed E-state index contributed by atoms with van der Waals surface area (Å²) in [6, 6.07) is 11.2. The average Bonchev–Trinajstić information content (AvgIpc) is 2.69. The van der Waals surface area contributed by atoms with Gasteiger partial charge in [-0.2, -0.15) is 0 Å². The number of nitrogens with one attached hydrogen (secondary N) is 1. The molecule has 0 radical (unpaired) electrons. The Bertz CT molecular complexity index is 836. The second-order valence-electron chi connectivity index (χ2n) is 6.86. The maximum absolute atomic E-state index is 12.8. The molecule has 1 saturated heterocycles. The fourth-order valence-corrected chi connectivity index (χ4v) is 3.88. The number of carbonyl (C=O) groups excluding carboxylic acids is 1. The molecular weight excluding hydrogens is 399 g/mol. The molecule has 1 aliphatic rings.